The molecule has 1 saturated heterocycles. The number of aryl methyl sites for hydroxylation is 2. The van der Waals surface area contributed by atoms with E-state index in [0.29, 0.717) is 25.9 Å². The lowest BCUT2D eigenvalue weighted by Crippen LogP contribution is -2.55. The summed E-state index contributed by atoms with van der Waals surface area (Å²) >= 11 is 0. The molecule has 0 saturated carbocycles. The second-order valence-corrected chi connectivity index (χ2v) is 9.43. The largest absolute Gasteiger partial charge is 0.508 e. The third-order valence-corrected chi connectivity index (χ3v) is 6.67. The molecule has 1 amide bonds. The summed E-state index contributed by atoms with van der Waals surface area (Å²) in [5, 5.41) is 53.6. The molecule has 0 bridgehead atoms. The van der Waals surface area contributed by atoms with E-state index in [0.717, 1.165) is 41.5 Å². The Hall–Kier alpha value is -2.53. The first kappa shape index (κ1) is 28.0. The maximum absolute atomic E-state index is 11.8. The van der Waals surface area contributed by atoms with Crippen molar-refractivity contribution in [3.05, 3.63) is 64.2 Å². The van der Waals surface area contributed by atoms with Gasteiger partial charge in [0.25, 0.3) is 0 Å². The van der Waals surface area contributed by atoms with Gasteiger partial charge in [-0.3, -0.25) is 4.79 Å². The van der Waals surface area contributed by atoms with Gasteiger partial charge in [-0.2, -0.15) is 0 Å². The van der Waals surface area contributed by atoms with Gasteiger partial charge < -0.3 is 41.3 Å². The van der Waals surface area contributed by atoms with Gasteiger partial charge in [-0.05, 0) is 73.5 Å². The van der Waals surface area contributed by atoms with Crippen molar-refractivity contribution in [2.45, 2.75) is 69.5 Å². The number of hydrogen-bond acceptors (Lipinski definition) is 8. The quantitative estimate of drug-likeness (QED) is 0.219. The van der Waals surface area contributed by atoms with E-state index in [1.165, 1.54) is 0 Å². The van der Waals surface area contributed by atoms with Crippen LogP contribution in [0.15, 0.2) is 36.4 Å². The van der Waals surface area contributed by atoms with E-state index in [9.17, 15) is 30.3 Å². The SMILES string of the molecule is Cc1cc(O)c(C2O[C@H](CO)[C@@H](O)[C@H](O)[C@H]2O)cc1Cc1ccc(CCCC(=O)NCCCN)cc1. The molecule has 0 radical (unpaired) electrons. The maximum Gasteiger partial charge on any atom is 0.220 e. The summed E-state index contributed by atoms with van der Waals surface area (Å²) in [4.78, 5) is 11.8. The fourth-order valence-electron chi connectivity index (χ4n) is 4.45. The minimum Gasteiger partial charge on any atom is -0.508 e. The minimum absolute atomic E-state index is 0.0399. The third-order valence-electron chi connectivity index (χ3n) is 6.67. The van der Waals surface area contributed by atoms with Crippen molar-refractivity contribution in [2.24, 2.45) is 5.73 Å². The van der Waals surface area contributed by atoms with Gasteiger partial charge in [0.15, 0.2) is 0 Å². The monoisotopic (exact) mass is 502 g/mol. The highest BCUT2D eigenvalue weighted by Crippen LogP contribution is 2.38. The second kappa shape index (κ2) is 13.1. The number of carbonyl (C=O) groups excluding carboxylic acids is 1. The summed E-state index contributed by atoms with van der Waals surface area (Å²) in [6.07, 6.45) is -3.23. The van der Waals surface area contributed by atoms with Crippen molar-refractivity contribution < 1.29 is 35.1 Å². The molecule has 8 N–H and O–H groups in total. The molecule has 5 atom stereocenters. The van der Waals surface area contributed by atoms with Gasteiger partial charge in [0.1, 0.15) is 36.3 Å². The molecule has 2 aromatic rings. The van der Waals surface area contributed by atoms with Crippen molar-refractivity contribution in [1.82, 2.24) is 5.32 Å². The highest BCUT2D eigenvalue weighted by molar-refractivity contribution is 5.75. The van der Waals surface area contributed by atoms with E-state index in [4.69, 9.17) is 10.5 Å². The van der Waals surface area contributed by atoms with Crippen molar-refractivity contribution in [2.75, 3.05) is 19.7 Å². The Morgan fingerprint density at radius 1 is 1.03 bits per heavy atom. The Balaban J connectivity index is 1.65. The summed E-state index contributed by atoms with van der Waals surface area (Å²) in [6.45, 7) is 2.51. The van der Waals surface area contributed by atoms with Crippen LogP contribution in [0.1, 0.15) is 53.2 Å². The first-order valence-corrected chi connectivity index (χ1v) is 12.4. The van der Waals surface area contributed by atoms with Gasteiger partial charge in [-0.1, -0.05) is 24.3 Å². The van der Waals surface area contributed by atoms with E-state index in [2.05, 4.69) is 5.32 Å². The van der Waals surface area contributed by atoms with Gasteiger partial charge >= 0.3 is 0 Å². The highest BCUT2D eigenvalue weighted by atomic mass is 16.5. The summed E-state index contributed by atoms with van der Waals surface area (Å²) in [5.41, 5.74) is 9.66. The molecular weight excluding hydrogens is 464 g/mol. The molecule has 9 heteroatoms. The van der Waals surface area contributed by atoms with Crippen LogP contribution in [0.3, 0.4) is 0 Å². The van der Waals surface area contributed by atoms with Crippen molar-refractivity contribution in [3.8, 4) is 5.75 Å². The van der Waals surface area contributed by atoms with Gasteiger partial charge in [0, 0.05) is 18.5 Å². The molecule has 0 aromatic heterocycles. The Labute approximate surface area is 211 Å². The van der Waals surface area contributed by atoms with Crippen LogP contribution in [-0.4, -0.2) is 75.6 Å². The lowest BCUT2D eigenvalue weighted by atomic mass is 9.88. The smallest absolute Gasteiger partial charge is 0.220 e. The second-order valence-electron chi connectivity index (χ2n) is 9.43. The van der Waals surface area contributed by atoms with E-state index < -0.39 is 37.1 Å². The molecule has 1 heterocycles. The summed E-state index contributed by atoms with van der Waals surface area (Å²) in [6, 6.07) is 11.4. The van der Waals surface area contributed by atoms with Crippen LogP contribution in [-0.2, 0) is 22.4 Å². The number of phenolic OH excluding ortho intramolecular Hbond substituents is 1. The Bertz CT molecular complexity index is 996. The third kappa shape index (κ3) is 7.03. The molecule has 198 valence electrons. The summed E-state index contributed by atoms with van der Waals surface area (Å²) in [7, 11) is 0. The number of rotatable bonds is 11. The van der Waals surface area contributed by atoms with Crippen LogP contribution in [0.4, 0.5) is 0 Å². The maximum atomic E-state index is 11.8. The minimum atomic E-state index is -1.52. The number of hydrogen-bond donors (Lipinski definition) is 7. The molecule has 9 nitrogen and oxygen atoms in total. The molecule has 3 rings (SSSR count). The molecule has 1 aliphatic rings. The first-order valence-electron chi connectivity index (χ1n) is 12.4. The van der Waals surface area contributed by atoms with Crippen molar-refractivity contribution >= 4 is 5.91 Å². The predicted molar refractivity (Wildman–Crippen MR) is 134 cm³/mol. The molecule has 1 unspecified atom stereocenters. The number of amides is 1. The van der Waals surface area contributed by atoms with E-state index in [1.54, 1.807) is 12.1 Å². The average Bonchev–Trinajstić information content (AvgIpc) is 2.86. The lowest BCUT2D eigenvalue weighted by Gasteiger charge is -2.40. The molecule has 36 heavy (non-hydrogen) atoms. The fourth-order valence-corrected chi connectivity index (χ4v) is 4.45. The van der Waals surface area contributed by atoms with Crippen molar-refractivity contribution in [1.29, 1.82) is 0 Å². The zero-order valence-electron chi connectivity index (χ0n) is 20.6. The van der Waals surface area contributed by atoms with Gasteiger partial charge in [-0.15, -0.1) is 0 Å². The molecular formula is C27H38N2O7. The number of aliphatic hydroxyl groups excluding tert-OH is 4. The number of nitrogens with one attached hydrogen (secondary N) is 1. The summed E-state index contributed by atoms with van der Waals surface area (Å²) < 4.78 is 5.64. The van der Waals surface area contributed by atoms with Gasteiger partial charge in [0.05, 0.1) is 6.61 Å². The van der Waals surface area contributed by atoms with Crippen LogP contribution in [0, 0.1) is 6.92 Å². The number of benzene rings is 2. The molecule has 1 fully saturated rings. The first-order chi connectivity index (χ1) is 17.2. The molecule has 2 aromatic carbocycles. The van der Waals surface area contributed by atoms with E-state index in [-0.39, 0.29) is 17.2 Å². The Morgan fingerprint density at radius 3 is 2.39 bits per heavy atom. The predicted octanol–water partition coefficient (Wildman–Crippen LogP) is 0.594. The van der Waals surface area contributed by atoms with Crippen LogP contribution in [0.2, 0.25) is 0 Å². The zero-order valence-corrected chi connectivity index (χ0v) is 20.6. The normalized spacial score (nSPS) is 24.0. The fraction of sp³-hybridized carbons (Fsp3) is 0.519. The highest BCUT2D eigenvalue weighted by Gasteiger charge is 2.44. The van der Waals surface area contributed by atoms with Gasteiger partial charge in [0.2, 0.25) is 5.91 Å². The van der Waals surface area contributed by atoms with E-state index in [1.807, 2.05) is 31.2 Å². The molecule has 0 spiro atoms. The number of ether oxygens (including phenoxy) is 1. The standard InChI is InChI=1S/C27H38N2O7/c1-16-12-21(31)20(27-26(35)25(34)24(33)22(15-30)36-27)14-19(16)13-18-8-6-17(7-9-18)4-2-5-23(32)29-11-3-10-28/h6-9,12,14,22,24-27,30-31,33-35H,2-5,10-11,13,15,28H2,1H3,(H,29,32)/t22-,24-,25+,26-,27?/m1/s1. The van der Waals surface area contributed by atoms with Crippen molar-refractivity contribution in [3.63, 3.8) is 0 Å². The number of aliphatic hydroxyl groups is 4. The van der Waals surface area contributed by atoms with Gasteiger partial charge in [-0.25, -0.2) is 0 Å². The van der Waals surface area contributed by atoms with Crippen LogP contribution in [0.5, 0.6) is 5.75 Å². The molecule has 1 aliphatic heterocycles. The average molecular weight is 503 g/mol. The Kier molecular flexibility index (Phi) is 10.2. The summed E-state index contributed by atoms with van der Waals surface area (Å²) in [5.74, 6) is -0.0546. The Morgan fingerprint density at radius 2 is 1.72 bits per heavy atom. The van der Waals surface area contributed by atoms with Crippen LogP contribution >= 0.6 is 0 Å². The topological polar surface area (TPSA) is 166 Å². The molecule has 0 aliphatic carbocycles. The van der Waals surface area contributed by atoms with Crippen LogP contribution in [0.25, 0.3) is 0 Å². The number of carbonyl (C=O) groups is 1. The number of phenols is 1. The number of nitrogens with two attached hydrogens (primary N) is 1. The van der Waals surface area contributed by atoms with E-state index >= 15 is 0 Å². The zero-order chi connectivity index (χ0) is 26.2. The van der Waals surface area contributed by atoms with Crippen LogP contribution < -0.4 is 11.1 Å². The lowest BCUT2D eigenvalue weighted by molar-refractivity contribution is -0.232. The number of aromatic hydroxyl groups is 1.